The molecule has 1 aliphatic heterocycles. The summed E-state index contributed by atoms with van der Waals surface area (Å²) in [5, 5.41) is 0. The lowest BCUT2D eigenvalue weighted by Gasteiger charge is -2.22. The van der Waals surface area contributed by atoms with E-state index in [0.717, 1.165) is 19.3 Å². The number of hydrogen-bond acceptors (Lipinski definition) is 3. The van der Waals surface area contributed by atoms with Gasteiger partial charge in [-0.05, 0) is 37.1 Å². The first kappa shape index (κ1) is 11.4. The maximum absolute atomic E-state index is 12.0. The molecule has 0 aromatic rings. The van der Waals surface area contributed by atoms with Gasteiger partial charge >= 0.3 is 0 Å². The largest absolute Gasteiger partial charge is 0.330 e. The van der Waals surface area contributed by atoms with Crippen LogP contribution in [0.3, 0.4) is 0 Å². The fourth-order valence-corrected chi connectivity index (χ4v) is 4.09. The number of hydrogen-bond donors (Lipinski definition) is 1. The van der Waals surface area contributed by atoms with Crippen molar-refractivity contribution in [2.45, 2.75) is 26.2 Å². The van der Waals surface area contributed by atoms with Gasteiger partial charge in [-0.1, -0.05) is 6.92 Å². The molecule has 1 atom stereocenters. The highest BCUT2D eigenvalue weighted by atomic mass is 32.2. The van der Waals surface area contributed by atoms with Gasteiger partial charge in [-0.15, -0.1) is 0 Å². The first-order chi connectivity index (χ1) is 6.95. The smallest absolute Gasteiger partial charge is 0.214 e. The van der Waals surface area contributed by atoms with Crippen LogP contribution in [0.1, 0.15) is 26.2 Å². The average Bonchev–Trinajstić information content (AvgIpc) is 2.86. The minimum absolute atomic E-state index is 0.00335. The quantitative estimate of drug-likeness (QED) is 0.763. The Morgan fingerprint density at radius 2 is 2.13 bits per heavy atom. The van der Waals surface area contributed by atoms with E-state index in [2.05, 4.69) is 6.92 Å². The molecule has 2 aliphatic rings. The minimum Gasteiger partial charge on any atom is -0.330 e. The molecule has 2 N–H and O–H groups in total. The van der Waals surface area contributed by atoms with Crippen LogP contribution in [0.4, 0.5) is 0 Å². The van der Waals surface area contributed by atoms with Gasteiger partial charge in [0.1, 0.15) is 0 Å². The lowest BCUT2D eigenvalue weighted by molar-refractivity contribution is 0.349. The van der Waals surface area contributed by atoms with Crippen LogP contribution in [0.25, 0.3) is 0 Å². The molecule has 1 saturated carbocycles. The summed E-state index contributed by atoms with van der Waals surface area (Å²) in [6.07, 6.45) is 3.07. The maximum Gasteiger partial charge on any atom is 0.214 e. The summed E-state index contributed by atoms with van der Waals surface area (Å²) in [7, 11) is -3.00. The molecule has 1 aliphatic carbocycles. The molecule has 2 fully saturated rings. The zero-order valence-electron chi connectivity index (χ0n) is 9.28. The third-order valence-corrected chi connectivity index (χ3v) is 5.54. The molecule has 1 heterocycles. The van der Waals surface area contributed by atoms with E-state index in [0.29, 0.717) is 31.3 Å². The SMILES string of the molecule is CC1(CN)CCN(S(=O)(=O)CC2CC2)C1. The van der Waals surface area contributed by atoms with Crippen LogP contribution < -0.4 is 5.73 Å². The van der Waals surface area contributed by atoms with Gasteiger partial charge in [0, 0.05) is 13.1 Å². The van der Waals surface area contributed by atoms with Gasteiger partial charge in [-0.25, -0.2) is 12.7 Å². The lowest BCUT2D eigenvalue weighted by Crippen LogP contribution is -2.36. The number of nitrogens with two attached hydrogens (primary N) is 1. The predicted molar refractivity (Wildman–Crippen MR) is 59.9 cm³/mol. The van der Waals surface area contributed by atoms with Gasteiger partial charge in [0.15, 0.2) is 0 Å². The molecule has 0 aromatic carbocycles. The standard InChI is InChI=1S/C10H20N2O2S/c1-10(7-11)4-5-12(8-10)15(13,14)6-9-2-3-9/h9H,2-8,11H2,1H3. The number of rotatable bonds is 4. The van der Waals surface area contributed by atoms with E-state index in [4.69, 9.17) is 5.73 Å². The summed E-state index contributed by atoms with van der Waals surface area (Å²) in [6, 6.07) is 0. The van der Waals surface area contributed by atoms with E-state index in [1.807, 2.05) is 0 Å². The Hall–Kier alpha value is -0.130. The van der Waals surface area contributed by atoms with Gasteiger partial charge in [0.05, 0.1) is 5.75 Å². The highest BCUT2D eigenvalue weighted by molar-refractivity contribution is 7.89. The van der Waals surface area contributed by atoms with Gasteiger partial charge in [-0.3, -0.25) is 0 Å². The van der Waals surface area contributed by atoms with Gasteiger partial charge in [0.2, 0.25) is 10.0 Å². The zero-order valence-corrected chi connectivity index (χ0v) is 10.1. The molecular formula is C10H20N2O2S. The fourth-order valence-electron chi connectivity index (χ4n) is 2.07. The fraction of sp³-hybridized carbons (Fsp3) is 1.00. The van der Waals surface area contributed by atoms with E-state index in [9.17, 15) is 8.42 Å². The Kier molecular flexibility index (Phi) is 2.81. The van der Waals surface area contributed by atoms with E-state index in [1.165, 1.54) is 0 Å². The summed E-state index contributed by atoms with van der Waals surface area (Å²) >= 11 is 0. The molecule has 1 saturated heterocycles. The molecule has 2 rings (SSSR count). The predicted octanol–water partition coefficient (Wildman–Crippen LogP) is 0.397. The van der Waals surface area contributed by atoms with Gasteiger partial charge in [-0.2, -0.15) is 0 Å². The van der Waals surface area contributed by atoms with Crippen LogP contribution in [0.5, 0.6) is 0 Å². The van der Waals surface area contributed by atoms with Crippen molar-refractivity contribution < 1.29 is 8.42 Å². The van der Waals surface area contributed by atoms with Crippen LogP contribution >= 0.6 is 0 Å². The number of nitrogens with zero attached hydrogens (tertiary/aromatic N) is 1. The van der Waals surface area contributed by atoms with Crippen molar-refractivity contribution >= 4 is 10.0 Å². The van der Waals surface area contributed by atoms with E-state index in [1.54, 1.807) is 4.31 Å². The molecular weight excluding hydrogens is 212 g/mol. The van der Waals surface area contributed by atoms with Crippen molar-refractivity contribution in [1.29, 1.82) is 0 Å². The Morgan fingerprint density at radius 1 is 1.47 bits per heavy atom. The molecule has 0 bridgehead atoms. The molecule has 15 heavy (non-hydrogen) atoms. The molecule has 0 spiro atoms. The van der Waals surface area contributed by atoms with Crippen molar-refractivity contribution in [2.75, 3.05) is 25.4 Å². The summed E-state index contributed by atoms with van der Waals surface area (Å²) in [4.78, 5) is 0. The zero-order chi connectivity index (χ0) is 11.1. The van der Waals surface area contributed by atoms with Crippen LogP contribution in [-0.4, -0.2) is 38.1 Å². The highest BCUT2D eigenvalue weighted by Gasteiger charge is 2.40. The van der Waals surface area contributed by atoms with E-state index in [-0.39, 0.29) is 5.41 Å². The van der Waals surface area contributed by atoms with Crippen molar-refractivity contribution in [3.8, 4) is 0 Å². The second kappa shape index (κ2) is 3.71. The van der Waals surface area contributed by atoms with E-state index >= 15 is 0 Å². The summed E-state index contributed by atoms with van der Waals surface area (Å²) < 4.78 is 25.6. The van der Waals surface area contributed by atoms with Crippen molar-refractivity contribution in [3.05, 3.63) is 0 Å². The monoisotopic (exact) mass is 232 g/mol. The molecule has 0 aromatic heterocycles. The summed E-state index contributed by atoms with van der Waals surface area (Å²) in [5.74, 6) is 0.785. The molecule has 0 amide bonds. The number of sulfonamides is 1. The molecule has 5 heteroatoms. The second-order valence-corrected chi connectivity index (χ2v) is 7.33. The lowest BCUT2D eigenvalue weighted by atomic mass is 9.90. The minimum atomic E-state index is -3.00. The second-order valence-electron chi connectivity index (χ2n) is 5.32. The molecule has 0 radical (unpaired) electrons. The molecule has 4 nitrogen and oxygen atoms in total. The first-order valence-corrected chi connectivity index (χ1v) is 7.24. The van der Waals surface area contributed by atoms with Crippen LogP contribution in [-0.2, 0) is 10.0 Å². The van der Waals surface area contributed by atoms with Gasteiger partial charge in [0.25, 0.3) is 0 Å². The Morgan fingerprint density at radius 3 is 2.60 bits per heavy atom. The van der Waals surface area contributed by atoms with Crippen molar-refractivity contribution in [3.63, 3.8) is 0 Å². The highest BCUT2D eigenvalue weighted by Crippen LogP contribution is 2.35. The Bertz CT molecular complexity index is 337. The summed E-state index contributed by atoms with van der Waals surface area (Å²) in [5.41, 5.74) is 5.66. The topological polar surface area (TPSA) is 63.4 Å². The first-order valence-electron chi connectivity index (χ1n) is 5.63. The van der Waals surface area contributed by atoms with Crippen LogP contribution in [0.15, 0.2) is 0 Å². The normalized spacial score (nSPS) is 33.5. The van der Waals surface area contributed by atoms with Gasteiger partial charge < -0.3 is 5.73 Å². The Labute approximate surface area is 91.9 Å². The Balaban J connectivity index is 1.99. The third kappa shape index (κ3) is 2.52. The average molecular weight is 232 g/mol. The third-order valence-electron chi connectivity index (χ3n) is 3.55. The van der Waals surface area contributed by atoms with Crippen molar-refractivity contribution in [1.82, 2.24) is 4.31 Å². The van der Waals surface area contributed by atoms with E-state index < -0.39 is 10.0 Å². The summed E-state index contributed by atoms with van der Waals surface area (Å²) in [6.45, 7) is 3.91. The molecule has 88 valence electrons. The van der Waals surface area contributed by atoms with Crippen LogP contribution in [0, 0.1) is 11.3 Å². The van der Waals surface area contributed by atoms with Crippen molar-refractivity contribution in [2.24, 2.45) is 17.1 Å². The van der Waals surface area contributed by atoms with Crippen LogP contribution in [0.2, 0.25) is 0 Å². The maximum atomic E-state index is 12.0. The molecule has 1 unspecified atom stereocenters.